The van der Waals surface area contributed by atoms with Gasteiger partial charge in [0.15, 0.2) is 5.78 Å². The van der Waals surface area contributed by atoms with E-state index in [1.807, 2.05) is 60.7 Å². The maximum atomic E-state index is 11.6. The van der Waals surface area contributed by atoms with Gasteiger partial charge in [-0.2, -0.15) is 0 Å². The molecule has 0 saturated heterocycles. The molecule has 0 heterocycles. The first kappa shape index (κ1) is 12.8. The van der Waals surface area contributed by atoms with Crippen molar-refractivity contribution < 1.29 is 4.79 Å². The van der Waals surface area contributed by atoms with Crippen LogP contribution in [-0.2, 0) is 4.79 Å². The second-order valence-corrected chi connectivity index (χ2v) is 4.01. The Bertz CT molecular complexity index is 615. The Balaban J connectivity index is 1.98. The van der Waals surface area contributed by atoms with Crippen LogP contribution in [0.4, 0.5) is 0 Å². The van der Waals surface area contributed by atoms with E-state index in [0.29, 0.717) is 0 Å². The van der Waals surface area contributed by atoms with E-state index >= 15 is 0 Å². The Morgan fingerprint density at radius 3 is 2.05 bits per heavy atom. The maximum Gasteiger partial charge on any atom is 0.186 e. The smallest absolute Gasteiger partial charge is 0.186 e. The molecule has 0 amide bonds. The second-order valence-electron chi connectivity index (χ2n) is 4.01. The summed E-state index contributed by atoms with van der Waals surface area (Å²) in [4.78, 5) is 11.6. The van der Waals surface area contributed by atoms with E-state index in [9.17, 15) is 4.79 Å². The first-order chi connectivity index (χ1) is 9.34. The lowest BCUT2D eigenvalue weighted by molar-refractivity contribution is -0.110. The molecule has 0 fully saturated rings. The summed E-state index contributed by atoms with van der Waals surface area (Å²) in [6.07, 6.45) is 6.56. The molecule has 19 heavy (non-hydrogen) atoms. The molecular weight excluding hydrogens is 232 g/mol. The molecule has 2 aromatic carbocycles. The third-order valence-corrected chi connectivity index (χ3v) is 2.51. The van der Waals surface area contributed by atoms with E-state index < -0.39 is 0 Å². The van der Waals surface area contributed by atoms with Crippen LogP contribution in [-0.4, -0.2) is 5.78 Å². The van der Waals surface area contributed by atoms with E-state index in [1.54, 1.807) is 18.2 Å². The van der Waals surface area contributed by atoms with Crippen LogP contribution in [0.15, 0.2) is 78.5 Å². The van der Waals surface area contributed by atoms with Gasteiger partial charge >= 0.3 is 0 Å². The number of ketones is 1. The molecule has 0 aromatic heterocycles. The molecule has 2 rings (SSSR count). The van der Waals surface area contributed by atoms with Crippen LogP contribution in [0.5, 0.6) is 0 Å². The quantitative estimate of drug-likeness (QED) is 0.585. The number of benzene rings is 2. The summed E-state index contributed by atoms with van der Waals surface area (Å²) < 4.78 is 0. The Kier molecular flexibility index (Phi) is 4.69. The van der Waals surface area contributed by atoms with Crippen molar-refractivity contribution in [3.8, 4) is 0 Å². The molecule has 92 valence electrons. The van der Waals surface area contributed by atoms with Crippen molar-refractivity contribution in [2.45, 2.75) is 0 Å². The lowest BCUT2D eigenvalue weighted by Gasteiger charge is -1.89. The summed E-state index contributed by atoms with van der Waals surface area (Å²) in [6.45, 7) is 0. The van der Waals surface area contributed by atoms with E-state index in [-0.39, 0.29) is 5.78 Å². The van der Waals surface area contributed by atoms with E-state index in [0.717, 1.165) is 11.1 Å². The lowest BCUT2D eigenvalue weighted by Crippen LogP contribution is -1.83. The van der Waals surface area contributed by atoms with Crippen LogP contribution >= 0.6 is 0 Å². The van der Waals surface area contributed by atoms with Crippen molar-refractivity contribution in [1.29, 1.82) is 0 Å². The summed E-state index contributed by atoms with van der Waals surface area (Å²) in [5.74, 6) is -0.0731. The molecule has 0 aliphatic carbocycles. The van der Waals surface area contributed by atoms with Gasteiger partial charge in [-0.05, 0) is 23.3 Å². The number of carbonyl (C=O) groups is 1. The monoisotopic (exact) mass is 246 g/mol. The van der Waals surface area contributed by atoms with Crippen molar-refractivity contribution in [2.24, 2.45) is 0 Å². The van der Waals surface area contributed by atoms with Crippen molar-refractivity contribution in [2.75, 3.05) is 0 Å². The molecule has 0 bridgehead atoms. The van der Waals surface area contributed by atoms with E-state index in [2.05, 4.69) is 5.73 Å². The maximum absolute atomic E-state index is 11.6. The molecule has 1 heteroatoms. The summed E-state index contributed by atoms with van der Waals surface area (Å²) >= 11 is 0. The highest BCUT2D eigenvalue weighted by atomic mass is 16.1. The molecule has 1 nitrogen and oxygen atoms in total. The SMILES string of the molecule is O=C(C=C=Cc1ccccc1)C=Cc1ccccc1. The zero-order valence-corrected chi connectivity index (χ0v) is 10.5. The predicted octanol–water partition coefficient (Wildman–Crippen LogP) is 4.14. The van der Waals surface area contributed by atoms with E-state index in [1.165, 1.54) is 6.08 Å². The minimum absolute atomic E-state index is 0.0731. The standard InChI is InChI=1S/C18H14O/c19-18(15-14-17-10-5-2-6-11-17)13-7-12-16-8-3-1-4-9-16/h1-6,8-15H. The molecule has 0 saturated carbocycles. The van der Waals surface area contributed by atoms with Gasteiger partial charge in [0.2, 0.25) is 0 Å². The number of rotatable bonds is 4. The summed E-state index contributed by atoms with van der Waals surface area (Å²) in [6, 6.07) is 19.5. The summed E-state index contributed by atoms with van der Waals surface area (Å²) in [7, 11) is 0. The topological polar surface area (TPSA) is 17.1 Å². The third kappa shape index (κ3) is 4.63. The first-order valence-corrected chi connectivity index (χ1v) is 6.09. The van der Waals surface area contributed by atoms with Crippen LogP contribution in [0.25, 0.3) is 12.2 Å². The Morgan fingerprint density at radius 1 is 0.842 bits per heavy atom. The zero-order chi connectivity index (χ0) is 13.3. The number of hydrogen-bond donors (Lipinski definition) is 0. The van der Waals surface area contributed by atoms with Gasteiger partial charge in [0.1, 0.15) is 0 Å². The normalized spacial score (nSPS) is 9.89. The van der Waals surface area contributed by atoms with E-state index in [4.69, 9.17) is 0 Å². The van der Waals surface area contributed by atoms with Crippen molar-refractivity contribution >= 4 is 17.9 Å². The van der Waals surface area contributed by atoms with Crippen LogP contribution in [0.2, 0.25) is 0 Å². The van der Waals surface area contributed by atoms with Gasteiger partial charge in [0.05, 0.1) is 0 Å². The molecule has 0 aliphatic rings. The number of allylic oxidation sites excluding steroid dienone is 2. The summed E-state index contributed by atoms with van der Waals surface area (Å²) in [5.41, 5.74) is 4.92. The average molecular weight is 246 g/mol. The molecule has 0 spiro atoms. The molecule has 0 aliphatic heterocycles. The Labute approximate surface area is 113 Å². The number of carbonyl (C=O) groups excluding carboxylic acids is 1. The summed E-state index contributed by atoms with van der Waals surface area (Å²) in [5, 5.41) is 0. The zero-order valence-electron chi connectivity index (χ0n) is 10.5. The minimum atomic E-state index is -0.0731. The predicted molar refractivity (Wildman–Crippen MR) is 79.5 cm³/mol. The third-order valence-electron chi connectivity index (χ3n) is 2.51. The van der Waals surface area contributed by atoms with Gasteiger partial charge in [-0.15, -0.1) is 5.73 Å². The molecule has 2 aromatic rings. The first-order valence-electron chi connectivity index (χ1n) is 6.09. The van der Waals surface area contributed by atoms with Crippen LogP contribution in [0.3, 0.4) is 0 Å². The fraction of sp³-hybridized carbons (Fsp3) is 0. The lowest BCUT2D eigenvalue weighted by atomic mass is 10.2. The fourth-order valence-corrected chi connectivity index (χ4v) is 1.56. The molecule has 0 radical (unpaired) electrons. The molecular formula is C18H14O. The molecule has 0 unspecified atom stereocenters. The van der Waals surface area contributed by atoms with Crippen molar-refractivity contribution in [3.63, 3.8) is 0 Å². The average Bonchev–Trinajstić information content (AvgIpc) is 2.47. The van der Waals surface area contributed by atoms with Crippen molar-refractivity contribution in [1.82, 2.24) is 0 Å². The Hall–Kier alpha value is -2.63. The molecule has 0 N–H and O–H groups in total. The highest BCUT2D eigenvalue weighted by Crippen LogP contribution is 2.01. The van der Waals surface area contributed by atoms with Gasteiger partial charge in [-0.25, -0.2) is 0 Å². The van der Waals surface area contributed by atoms with Crippen LogP contribution < -0.4 is 0 Å². The fourth-order valence-electron chi connectivity index (χ4n) is 1.56. The van der Waals surface area contributed by atoms with Gasteiger partial charge in [-0.1, -0.05) is 66.7 Å². The van der Waals surface area contributed by atoms with Crippen LogP contribution in [0, 0.1) is 0 Å². The van der Waals surface area contributed by atoms with Crippen molar-refractivity contribution in [3.05, 3.63) is 89.7 Å². The second kappa shape index (κ2) is 6.95. The number of hydrogen-bond acceptors (Lipinski definition) is 1. The highest BCUT2D eigenvalue weighted by Gasteiger charge is 1.88. The molecule has 0 atom stereocenters. The van der Waals surface area contributed by atoms with Gasteiger partial charge in [-0.3, -0.25) is 4.79 Å². The highest BCUT2D eigenvalue weighted by molar-refractivity contribution is 6.02. The van der Waals surface area contributed by atoms with Crippen LogP contribution in [0.1, 0.15) is 11.1 Å². The van der Waals surface area contributed by atoms with Gasteiger partial charge in [0, 0.05) is 6.08 Å². The Morgan fingerprint density at radius 2 is 1.42 bits per heavy atom. The van der Waals surface area contributed by atoms with Gasteiger partial charge in [0.25, 0.3) is 0 Å². The van der Waals surface area contributed by atoms with Gasteiger partial charge < -0.3 is 0 Å². The minimum Gasteiger partial charge on any atom is -0.289 e. The largest absolute Gasteiger partial charge is 0.289 e.